The van der Waals surface area contributed by atoms with Crippen LogP contribution in [0.4, 0.5) is 14.5 Å². The summed E-state index contributed by atoms with van der Waals surface area (Å²) in [6, 6.07) is 17.4. The molecule has 0 spiro atoms. The molecule has 0 unspecified atom stereocenters. The normalized spacial score (nSPS) is 11.0. The Morgan fingerprint density at radius 1 is 1.16 bits per heavy atom. The van der Waals surface area contributed by atoms with Crippen molar-refractivity contribution in [3.63, 3.8) is 0 Å². The molecule has 3 aromatic carbocycles. The van der Waals surface area contributed by atoms with Crippen LogP contribution >= 0.6 is 22.6 Å². The summed E-state index contributed by atoms with van der Waals surface area (Å²) in [6.07, 6.45) is 1.87. The lowest BCUT2D eigenvalue weighted by Gasteiger charge is -2.13. The van der Waals surface area contributed by atoms with Crippen LogP contribution in [0, 0.1) is 26.5 Å². The minimum atomic E-state index is -0.717. The smallest absolute Gasteiger partial charge is 0.266 e. The lowest BCUT2D eigenvalue weighted by atomic mass is 10.0. The fourth-order valence-corrected chi connectivity index (χ4v) is 3.80. The zero-order chi connectivity index (χ0) is 22.4. The van der Waals surface area contributed by atoms with Gasteiger partial charge in [-0.15, -0.1) is 0 Å². The third-order valence-electron chi connectivity index (χ3n) is 4.46. The molecule has 3 aromatic rings. The van der Waals surface area contributed by atoms with E-state index in [-0.39, 0.29) is 17.1 Å². The van der Waals surface area contributed by atoms with Crippen molar-refractivity contribution in [1.29, 1.82) is 5.26 Å². The number of methoxy groups -OCH3 is 1. The van der Waals surface area contributed by atoms with Crippen LogP contribution in [-0.4, -0.2) is 13.0 Å². The molecule has 0 aliphatic carbocycles. The van der Waals surface area contributed by atoms with Gasteiger partial charge in [-0.25, -0.2) is 8.78 Å². The van der Waals surface area contributed by atoms with Gasteiger partial charge in [-0.3, -0.25) is 4.79 Å². The largest absolute Gasteiger partial charge is 0.496 e. The molecule has 0 aromatic heterocycles. The number of hydrogen-bond donors (Lipinski definition) is 1. The zero-order valence-electron chi connectivity index (χ0n) is 16.5. The van der Waals surface area contributed by atoms with Crippen LogP contribution in [0.15, 0.2) is 66.2 Å². The highest BCUT2D eigenvalue weighted by atomic mass is 127. The molecule has 0 saturated heterocycles. The van der Waals surface area contributed by atoms with Crippen molar-refractivity contribution in [3.05, 3.63) is 98.1 Å². The molecule has 0 aliphatic heterocycles. The quantitative estimate of drug-likeness (QED) is 0.252. The molecule has 4 nitrogen and oxygen atoms in total. The summed E-state index contributed by atoms with van der Waals surface area (Å²) < 4.78 is 33.6. The van der Waals surface area contributed by atoms with Crippen molar-refractivity contribution in [2.45, 2.75) is 6.42 Å². The van der Waals surface area contributed by atoms with Crippen LogP contribution in [0.2, 0.25) is 0 Å². The number of nitrogens with one attached hydrogen (secondary N) is 1. The van der Waals surface area contributed by atoms with Gasteiger partial charge in [0.1, 0.15) is 29.0 Å². The van der Waals surface area contributed by atoms with Gasteiger partial charge >= 0.3 is 0 Å². The maximum Gasteiger partial charge on any atom is 0.266 e. The number of para-hydroxylation sites is 1. The second-order valence-corrected chi connectivity index (χ2v) is 7.76. The van der Waals surface area contributed by atoms with Gasteiger partial charge in [-0.1, -0.05) is 24.3 Å². The SMILES string of the molecule is COc1cc(/C=C(\C#N)C(=O)Nc2ccccc2F)cc(I)c1Cc1cccc(F)c1. The molecule has 31 heavy (non-hydrogen) atoms. The summed E-state index contributed by atoms with van der Waals surface area (Å²) in [4.78, 5) is 12.4. The molecule has 0 atom stereocenters. The molecule has 1 N–H and O–H groups in total. The second kappa shape index (κ2) is 10.2. The van der Waals surface area contributed by atoms with Gasteiger partial charge in [0.15, 0.2) is 0 Å². The Hall–Kier alpha value is -3.25. The highest BCUT2D eigenvalue weighted by Crippen LogP contribution is 2.30. The topological polar surface area (TPSA) is 62.1 Å². The standard InChI is InChI=1S/C24H17F2IN2O2/c1-31-23-13-16(12-21(27)19(23)11-15-5-4-6-18(25)10-15)9-17(14-28)24(30)29-22-8-3-2-7-20(22)26/h2-10,12-13H,11H2,1H3,(H,29,30)/b17-9+. The molecule has 0 radical (unpaired) electrons. The van der Waals surface area contributed by atoms with Gasteiger partial charge < -0.3 is 10.1 Å². The van der Waals surface area contributed by atoms with Gasteiger partial charge in [0.05, 0.1) is 12.8 Å². The molecule has 0 fully saturated rings. The van der Waals surface area contributed by atoms with Crippen molar-refractivity contribution in [2.75, 3.05) is 12.4 Å². The fraction of sp³-hybridized carbons (Fsp3) is 0.0833. The fourth-order valence-electron chi connectivity index (χ4n) is 2.99. The Balaban J connectivity index is 1.90. The van der Waals surface area contributed by atoms with E-state index in [1.807, 2.05) is 12.1 Å². The molecule has 156 valence electrons. The molecule has 1 amide bonds. The van der Waals surface area contributed by atoms with Crippen molar-refractivity contribution in [2.24, 2.45) is 0 Å². The van der Waals surface area contributed by atoms with E-state index in [0.717, 1.165) is 14.7 Å². The van der Waals surface area contributed by atoms with E-state index in [1.54, 1.807) is 24.3 Å². The minimum Gasteiger partial charge on any atom is -0.496 e. The predicted octanol–water partition coefficient (Wildman–Crippen LogP) is 5.71. The van der Waals surface area contributed by atoms with Crippen LogP contribution in [0.3, 0.4) is 0 Å². The van der Waals surface area contributed by atoms with Crippen LogP contribution in [0.5, 0.6) is 5.75 Å². The highest BCUT2D eigenvalue weighted by molar-refractivity contribution is 14.1. The van der Waals surface area contributed by atoms with Crippen molar-refractivity contribution < 1.29 is 18.3 Å². The van der Waals surface area contributed by atoms with E-state index in [2.05, 4.69) is 27.9 Å². The van der Waals surface area contributed by atoms with E-state index < -0.39 is 11.7 Å². The van der Waals surface area contributed by atoms with E-state index in [0.29, 0.717) is 17.7 Å². The lowest BCUT2D eigenvalue weighted by molar-refractivity contribution is -0.112. The Bertz CT molecular complexity index is 1200. The Morgan fingerprint density at radius 2 is 1.94 bits per heavy atom. The summed E-state index contributed by atoms with van der Waals surface area (Å²) in [5.74, 6) is -1.07. The molecular weight excluding hydrogens is 513 g/mol. The van der Waals surface area contributed by atoms with Gasteiger partial charge in [0.2, 0.25) is 0 Å². The average molecular weight is 530 g/mol. The first-order chi connectivity index (χ1) is 14.9. The number of halogens is 3. The van der Waals surface area contributed by atoms with Gasteiger partial charge in [-0.2, -0.15) is 5.26 Å². The van der Waals surface area contributed by atoms with Crippen molar-refractivity contribution in [3.8, 4) is 11.8 Å². The number of nitriles is 1. The number of carbonyl (C=O) groups excluding carboxylic acids is 1. The molecule has 3 rings (SSSR count). The van der Waals surface area contributed by atoms with Crippen molar-refractivity contribution in [1.82, 2.24) is 0 Å². The van der Waals surface area contributed by atoms with Crippen LogP contribution in [0.25, 0.3) is 6.08 Å². The van der Waals surface area contributed by atoms with E-state index in [1.165, 1.54) is 43.5 Å². The molecule has 0 aliphatic rings. The number of hydrogen-bond acceptors (Lipinski definition) is 3. The summed E-state index contributed by atoms with van der Waals surface area (Å²) >= 11 is 2.13. The van der Waals surface area contributed by atoms with Crippen LogP contribution in [0.1, 0.15) is 16.7 Å². The van der Waals surface area contributed by atoms with E-state index >= 15 is 0 Å². The molecular formula is C24H17F2IN2O2. The first-order valence-electron chi connectivity index (χ1n) is 9.19. The Morgan fingerprint density at radius 3 is 2.61 bits per heavy atom. The minimum absolute atomic E-state index is 0.00810. The van der Waals surface area contributed by atoms with Crippen LogP contribution < -0.4 is 10.1 Å². The van der Waals surface area contributed by atoms with Crippen molar-refractivity contribution >= 4 is 40.3 Å². The monoisotopic (exact) mass is 530 g/mol. The molecule has 0 saturated carbocycles. The number of amides is 1. The van der Waals surface area contributed by atoms with Gasteiger partial charge in [-0.05, 0) is 76.2 Å². The Labute approximate surface area is 192 Å². The third-order valence-corrected chi connectivity index (χ3v) is 5.43. The first kappa shape index (κ1) is 22.4. The average Bonchev–Trinajstić information content (AvgIpc) is 2.75. The number of carbonyl (C=O) groups is 1. The number of ether oxygens (including phenoxy) is 1. The van der Waals surface area contributed by atoms with E-state index in [4.69, 9.17) is 4.74 Å². The summed E-state index contributed by atoms with van der Waals surface area (Å²) in [5.41, 5.74) is 2.04. The lowest BCUT2D eigenvalue weighted by Crippen LogP contribution is -2.14. The number of anilines is 1. The third kappa shape index (κ3) is 5.67. The maximum atomic E-state index is 13.8. The number of nitrogens with zero attached hydrogens (tertiary/aromatic N) is 1. The van der Waals surface area contributed by atoms with Gasteiger partial charge in [0.25, 0.3) is 5.91 Å². The number of benzene rings is 3. The molecule has 0 heterocycles. The first-order valence-corrected chi connectivity index (χ1v) is 10.3. The molecule has 0 bridgehead atoms. The predicted molar refractivity (Wildman–Crippen MR) is 124 cm³/mol. The number of rotatable bonds is 6. The zero-order valence-corrected chi connectivity index (χ0v) is 18.6. The highest BCUT2D eigenvalue weighted by Gasteiger charge is 2.15. The van der Waals surface area contributed by atoms with E-state index in [9.17, 15) is 18.8 Å². The maximum absolute atomic E-state index is 13.8. The Kier molecular flexibility index (Phi) is 7.36. The molecule has 7 heteroatoms. The van der Waals surface area contributed by atoms with Gasteiger partial charge in [0, 0.05) is 15.6 Å². The van der Waals surface area contributed by atoms with Crippen LogP contribution in [-0.2, 0) is 11.2 Å². The summed E-state index contributed by atoms with van der Waals surface area (Å²) in [6.45, 7) is 0. The summed E-state index contributed by atoms with van der Waals surface area (Å²) in [7, 11) is 1.52. The summed E-state index contributed by atoms with van der Waals surface area (Å²) in [5, 5.41) is 11.8. The second-order valence-electron chi connectivity index (χ2n) is 6.59.